The number of carbonyl (C=O) groups excluding carboxylic acids is 1. The molecule has 2 saturated carbocycles. The molecule has 0 aromatic carbocycles. The van der Waals surface area contributed by atoms with Gasteiger partial charge in [0.1, 0.15) is 18.5 Å². The molecule has 3 heterocycles. The molecular formula is C25H28N6O2. The van der Waals surface area contributed by atoms with Gasteiger partial charge in [0.25, 0.3) is 0 Å². The van der Waals surface area contributed by atoms with Crippen LogP contribution in [0.2, 0.25) is 0 Å². The van der Waals surface area contributed by atoms with E-state index >= 15 is 0 Å². The second-order valence-corrected chi connectivity index (χ2v) is 9.12. The third-order valence-electron chi connectivity index (χ3n) is 6.78. The maximum atomic E-state index is 12.6. The van der Waals surface area contributed by atoms with Crippen LogP contribution in [-0.4, -0.2) is 65.4 Å². The number of hydrogen-bond acceptors (Lipinski definition) is 7. The molecule has 1 amide bonds. The monoisotopic (exact) mass is 444 g/mol. The molecule has 0 radical (unpaired) electrons. The summed E-state index contributed by atoms with van der Waals surface area (Å²) in [6, 6.07) is 6.40. The van der Waals surface area contributed by atoms with Crippen molar-refractivity contribution in [3.8, 4) is 17.2 Å². The lowest BCUT2D eigenvalue weighted by Crippen LogP contribution is -2.57. The van der Waals surface area contributed by atoms with E-state index in [-0.39, 0.29) is 18.6 Å². The number of nitrogens with zero attached hydrogens (tertiary/aromatic N) is 6. The Morgan fingerprint density at radius 3 is 2.79 bits per heavy atom. The summed E-state index contributed by atoms with van der Waals surface area (Å²) in [6.45, 7) is 5.87. The second kappa shape index (κ2) is 8.91. The van der Waals surface area contributed by atoms with Gasteiger partial charge in [-0.15, -0.1) is 0 Å². The standard InChI is InChI=1S/C25H28N6O2/c1-3-20-10-19(13-27-29-20)21-11-18(12-26)25(28-24(21)17-6-7-17)30-8-9-31(23(32)15-33-2)22(14-30)16-4-5-16/h3,10-11,13,16-17,22H,1,4-9,14-15H2,2H3/t22-/m0/s1. The SMILES string of the molecule is C=Cc1cc(-c2cc(C#N)c(N3CCN(C(=O)COC)[C@H](C4CC4)C3)nc2C2CC2)cnn1. The van der Waals surface area contributed by atoms with E-state index in [1.165, 1.54) is 0 Å². The quantitative estimate of drug-likeness (QED) is 0.648. The lowest BCUT2D eigenvalue weighted by atomic mass is 9.99. The molecule has 0 bridgehead atoms. The molecule has 2 aliphatic carbocycles. The topological polar surface area (TPSA) is 95.2 Å². The summed E-state index contributed by atoms with van der Waals surface area (Å²) in [5.41, 5.74) is 4.12. The Balaban J connectivity index is 1.50. The zero-order valence-electron chi connectivity index (χ0n) is 18.9. The lowest BCUT2D eigenvalue weighted by molar-refractivity contribution is -0.138. The van der Waals surface area contributed by atoms with Crippen molar-refractivity contribution in [3.05, 3.63) is 41.9 Å². The summed E-state index contributed by atoms with van der Waals surface area (Å²) in [5.74, 6) is 1.69. The molecule has 2 aromatic rings. The number of amides is 1. The average Bonchev–Trinajstić information content (AvgIpc) is 3.76. The van der Waals surface area contributed by atoms with E-state index in [1.807, 2.05) is 17.0 Å². The van der Waals surface area contributed by atoms with Crippen molar-refractivity contribution in [3.63, 3.8) is 0 Å². The summed E-state index contributed by atoms with van der Waals surface area (Å²) in [6.07, 6.45) is 7.87. The first kappa shape index (κ1) is 21.5. The summed E-state index contributed by atoms with van der Waals surface area (Å²) in [7, 11) is 1.56. The van der Waals surface area contributed by atoms with Crippen molar-refractivity contribution in [2.24, 2.45) is 5.92 Å². The molecule has 0 spiro atoms. The van der Waals surface area contributed by atoms with Crippen LogP contribution >= 0.6 is 0 Å². The van der Waals surface area contributed by atoms with Gasteiger partial charge >= 0.3 is 0 Å². The molecule has 8 nitrogen and oxygen atoms in total. The van der Waals surface area contributed by atoms with Crippen LogP contribution in [0.1, 0.15) is 48.6 Å². The number of carbonyl (C=O) groups is 1. The number of piperazine rings is 1. The van der Waals surface area contributed by atoms with Gasteiger partial charge in [0, 0.05) is 43.8 Å². The molecule has 3 fully saturated rings. The van der Waals surface area contributed by atoms with Gasteiger partial charge < -0.3 is 14.5 Å². The Morgan fingerprint density at radius 1 is 1.30 bits per heavy atom. The maximum Gasteiger partial charge on any atom is 0.248 e. The first-order valence-corrected chi connectivity index (χ1v) is 11.6. The van der Waals surface area contributed by atoms with Crippen molar-refractivity contribution in [1.29, 1.82) is 5.26 Å². The van der Waals surface area contributed by atoms with E-state index in [2.05, 4.69) is 27.7 Å². The molecular weight excluding hydrogens is 416 g/mol. The first-order chi connectivity index (χ1) is 16.1. The molecule has 0 unspecified atom stereocenters. The lowest BCUT2D eigenvalue weighted by Gasteiger charge is -2.42. The van der Waals surface area contributed by atoms with Crippen LogP contribution in [0.4, 0.5) is 5.82 Å². The molecule has 2 aromatic heterocycles. The van der Waals surface area contributed by atoms with Gasteiger partial charge in [0.2, 0.25) is 5.91 Å². The van der Waals surface area contributed by atoms with E-state index in [4.69, 9.17) is 9.72 Å². The summed E-state index contributed by atoms with van der Waals surface area (Å²) >= 11 is 0. The molecule has 5 rings (SSSR count). The van der Waals surface area contributed by atoms with E-state index in [1.54, 1.807) is 19.4 Å². The maximum absolute atomic E-state index is 12.6. The fraction of sp³-hybridized carbons (Fsp3) is 0.480. The largest absolute Gasteiger partial charge is 0.375 e. The molecule has 3 aliphatic rings. The smallest absolute Gasteiger partial charge is 0.248 e. The fourth-order valence-corrected chi connectivity index (χ4v) is 4.77. The van der Waals surface area contributed by atoms with Gasteiger partial charge in [0.15, 0.2) is 0 Å². The van der Waals surface area contributed by atoms with Gasteiger partial charge in [-0.25, -0.2) is 4.98 Å². The number of methoxy groups -OCH3 is 1. The molecule has 1 aliphatic heterocycles. The first-order valence-electron chi connectivity index (χ1n) is 11.6. The number of aromatic nitrogens is 3. The van der Waals surface area contributed by atoms with Crippen molar-refractivity contribution < 1.29 is 9.53 Å². The zero-order chi connectivity index (χ0) is 22.9. The number of nitriles is 1. The van der Waals surface area contributed by atoms with Crippen molar-refractivity contribution in [2.45, 2.75) is 37.6 Å². The second-order valence-electron chi connectivity index (χ2n) is 9.12. The number of hydrogen-bond donors (Lipinski definition) is 0. The van der Waals surface area contributed by atoms with Crippen LogP contribution in [0.15, 0.2) is 24.9 Å². The van der Waals surface area contributed by atoms with E-state index in [0.29, 0.717) is 42.7 Å². The van der Waals surface area contributed by atoms with Crippen LogP contribution in [-0.2, 0) is 9.53 Å². The van der Waals surface area contributed by atoms with Gasteiger partial charge in [-0.3, -0.25) is 4.79 Å². The van der Waals surface area contributed by atoms with E-state index < -0.39 is 0 Å². The zero-order valence-corrected chi connectivity index (χ0v) is 18.9. The minimum absolute atomic E-state index is 0.0414. The predicted octanol–water partition coefficient (Wildman–Crippen LogP) is 3.00. The van der Waals surface area contributed by atoms with E-state index in [9.17, 15) is 10.1 Å². The normalized spacial score (nSPS) is 20.4. The van der Waals surface area contributed by atoms with Crippen molar-refractivity contribution in [2.75, 3.05) is 38.3 Å². The number of ether oxygens (including phenoxy) is 1. The van der Waals surface area contributed by atoms with Crippen LogP contribution in [0.3, 0.4) is 0 Å². The van der Waals surface area contributed by atoms with Gasteiger partial charge in [-0.05, 0) is 49.8 Å². The Morgan fingerprint density at radius 2 is 2.12 bits per heavy atom. The molecule has 170 valence electrons. The number of rotatable bonds is 7. The fourth-order valence-electron chi connectivity index (χ4n) is 4.77. The Labute approximate surface area is 193 Å². The third kappa shape index (κ3) is 4.33. The molecule has 33 heavy (non-hydrogen) atoms. The van der Waals surface area contributed by atoms with Crippen LogP contribution in [0.5, 0.6) is 0 Å². The Bertz CT molecular complexity index is 1120. The highest BCUT2D eigenvalue weighted by Crippen LogP contribution is 2.45. The van der Waals surface area contributed by atoms with Crippen molar-refractivity contribution in [1.82, 2.24) is 20.1 Å². The molecule has 1 saturated heterocycles. The molecule has 0 N–H and O–H groups in total. The minimum Gasteiger partial charge on any atom is -0.375 e. The number of anilines is 1. The summed E-state index contributed by atoms with van der Waals surface area (Å²) in [4.78, 5) is 21.9. The third-order valence-corrected chi connectivity index (χ3v) is 6.78. The van der Waals surface area contributed by atoms with Crippen LogP contribution in [0, 0.1) is 17.2 Å². The summed E-state index contributed by atoms with van der Waals surface area (Å²) < 4.78 is 5.10. The highest BCUT2D eigenvalue weighted by atomic mass is 16.5. The van der Waals surface area contributed by atoms with Gasteiger partial charge in [-0.1, -0.05) is 6.58 Å². The van der Waals surface area contributed by atoms with Crippen LogP contribution < -0.4 is 4.90 Å². The van der Waals surface area contributed by atoms with Crippen LogP contribution in [0.25, 0.3) is 17.2 Å². The highest BCUT2D eigenvalue weighted by Gasteiger charge is 2.41. The average molecular weight is 445 g/mol. The summed E-state index contributed by atoms with van der Waals surface area (Å²) in [5, 5.41) is 18.2. The molecule has 1 atom stereocenters. The minimum atomic E-state index is 0.0414. The molecule has 8 heteroatoms. The highest BCUT2D eigenvalue weighted by molar-refractivity contribution is 5.78. The predicted molar refractivity (Wildman–Crippen MR) is 124 cm³/mol. The van der Waals surface area contributed by atoms with Gasteiger partial charge in [-0.2, -0.15) is 15.5 Å². The van der Waals surface area contributed by atoms with Gasteiger partial charge in [0.05, 0.1) is 29.2 Å². The Hall–Kier alpha value is -3.31. The Kier molecular flexibility index (Phi) is 5.81. The van der Waals surface area contributed by atoms with E-state index in [0.717, 1.165) is 48.3 Å². The van der Waals surface area contributed by atoms with Crippen molar-refractivity contribution >= 4 is 17.8 Å². The number of pyridine rings is 1.